The molecule has 130 valence electrons. The minimum Gasteiger partial charge on any atom is -0.339 e. The summed E-state index contributed by atoms with van der Waals surface area (Å²) >= 11 is 3.46. The zero-order valence-electron chi connectivity index (χ0n) is 14.0. The molecule has 5 heteroatoms. The fourth-order valence-corrected chi connectivity index (χ4v) is 3.53. The van der Waals surface area contributed by atoms with E-state index in [1.165, 1.54) is 0 Å². The quantitative estimate of drug-likeness (QED) is 0.814. The van der Waals surface area contributed by atoms with Gasteiger partial charge in [0.2, 0.25) is 5.91 Å². The van der Waals surface area contributed by atoms with Gasteiger partial charge < -0.3 is 10.2 Å². The lowest BCUT2D eigenvalue weighted by molar-refractivity contribution is -0.116. The van der Waals surface area contributed by atoms with Crippen molar-refractivity contribution in [1.82, 2.24) is 4.90 Å². The molecule has 0 radical (unpaired) electrons. The number of carbonyl (C=O) groups is 2. The molecule has 1 fully saturated rings. The van der Waals surface area contributed by atoms with Gasteiger partial charge in [0.05, 0.1) is 5.56 Å². The van der Waals surface area contributed by atoms with E-state index in [4.69, 9.17) is 0 Å². The van der Waals surface area contributed by atoms with Crippen LogP contribution in [0.4, 0.5) is 5.69 Å². The highest BCUT2D eigenvalue weighted by molar-refractivity contribution is 9.10. The lowest BCUT2D eigenvalue weighted by atomic mass is 10.1. The van der Waals surface area contributed by atoms with Crippen molar-refractivity contribution in [3.8, 4) is 0 Å². The van der Waals surface area contributed by atoms with E-state index in [0.717, 1.165) is 31.5 Å². The number of halogens is 1. The molecule has 1 N–H and O–H groups in total. The molecule has 25 heavy (non-hydrogen) atoms. The summed E-state index contributed by atoms with van der Waals surface area (Å²) in [4.78, 5) is 26.5. The Bertz CT molecular complexity index is 756. The minimum atomic E-state index is -0.0330. The number of likely N-dealkylation sites (tertiary alicyclic amines) is 1. The Morgan fingerprint density at radius 2 is 1.76 bits per heavy atom. The first-order valence-corrected chi connectivity index (χ1v) is 9.35. The van der Waals surface area contributed by atoms with Crippen LogP contribution >= 0.6 is 15.9 Å². The fourth-order valence-electron chi connectivity index (χ4n) is 2.98. The van der Waals surface area contributed by atoms with Gasteiger partial charge in [-0.25, -0.2) is 0 Å². The fraction of sp³-hybridized carbons (Fsp3) is 0.300. The van der Waals surface area contributed by atoms with Gasteiger partial charge in [0, 0.05) is 29.7 Å². The highest BCUT2D eigenvalue weighted by atomic mass is 79.9. The van der Waals surface area contributed by atoms with E-state index in [1.807, 2.05) is 35.2 Å². The third-order valence-electron chi connectivity index (χ3n) is 4.36. The lowest BCUT2D eigenvalue weighted by Crippen LogP contribution is -2.27. The van der Waals surface area contributed by atoms with Crippen LogP contribution in [0.25, 0.3) is 0 Å². The van der Waals surface area contributed by atoms with E-state index >= 15 is 0 Å². The first kappa shape index (κ1) is 17.7. The van der Waals surface area contributed by atoms with E-state index in [0.29, 0.717) is 28.6 Å². The van der Waals surface area contributed by atoms with E-state index in [2.05, 4.69) is 21.2 Å². The van der Waals surface area contributed by atoms with E-state index < -0.39 is 0 Å². The predicted molar refractivity (Wildman–Crippen MR) is 103 cm³/mol. The molecule has 1 heterocycles. The van der Waals surface area contributed by atoms with Crippen LogP contribution in [-0.4, -0.2) is 29.8 Å². The molecule has 1 saturated heterocycles. The van der Waals surface area contributed by atoms with E-state index in [9.17, 15) is 9.59 Å². The van der Waals surface area contributed by atoms with Crippen molar-refractivity contribution in [3.63, 3.8) is 0 Å². The van der Waals surface area contributed by atoms with Gasteiger partial charge in [-0.3, -0.25) is 9.59 Å². The molecule has 1 aliphatic rings. The van der Waals surface area contributed by atoms with Crippen LogP contribution in [0.2, 0.25) is 0 Å². The zero-order chi connectivity index (χ0) is 17.6. The summed E-state index contributed by atoms with van der Waals surface area (Å²) in [6.07, 6.45) is 3.27. The number of benzene rings is 2. The van der Waals surface area contributed by atoms with Crippen LogP contribution in [0, 0.1) is 0 Å². The summed E-state index contributed by atoms with van der Waals surface area (Å²) in [5, 5.41) is 2.89. The molecule has 3 rings (SSSR count). The standard InChI is InChI=1S/C20H21BrN2O2/c21-18-14-16(9-10-17(18)20(25)23-12-4-5-13-23)22-19(24)11-8-15-6-2-1-3-7-15/h1-3,6-7,9-10,14H,4-5,8,11-13H2,(H,22,24). The molecule has 0 aliphatic carbocycles. The molecule has 0 unspecified atom stereocenters. The number of aryl methyl sites for hydroxylation is 1. The second-order valence-electron chi connectivity index (χ2n) is 6.23. The van der Waals surface area contributed by atoms with Crippen LogP contribution in [0.1, 0.15) is 35.2 Å². The molecular weight excluding hydrogens is 380 g/mol. The number of nitrogens with zero attached hydrogens (tertiary/aromatic N) is 1. The Hall–Kier alpha value is -2.14. The highest BCUT2D eigenvalue weighted by Gasteiger charge is 2.21. The SMILES string of the molecule is O=C(CCc1ccccc1)Nc1ccc(C(=O)N2CCCC2)c(Br)c1. The van der Waals surface area contributed by atoms with Gasteiger partial charge in [-0.15, -0.1) is 0 Å². The van der Waals surface area contributed by atoms with Gasteiger partial charge in [0.15, 0.2) is 0 Å². The Labute approximate surface area is 156 Å². The van der Waals surface area contributed by atoms with Crippen LogP contribution < -0.4 is 5.32 Å². The van der Waals surface area contributed by atoms with Crippen molar-refractivity contribution in [2.45, 2.75) is 25.7 Å². The van der Waals surface area contributed by atoms with Crippen molar-refractivity contribution < 1.29 is 9.59 Å². The third-order valence-corrected chi connectivity index (χ3v) is 5.02. The number of hydrogen-bond acceptors (Lipinski definition) is 2. The molecule has 0 saturated carbocycles. The van der Waals surface area contributed by atoms with Gasteiger partial charge in [-0.2, -0.15) is 0 Å². The third kappa shape index (κ3) is 4.69. The maximum atomic E-state index is 12.5. The summed E-state index contributed by atoms with van der Waals surface area (Å²) < 4.78 is 0.713. The highest BCUT2D eigenvalue weighted by Crippen LogP contribution is 2.24. The van der Waals surface area contributed by atoms with E-state index in [1.54, 1.807) is 18.2 Å². The number of rotatable bonds is 5. The minimum absolute atomic E-state index is 0.0330. The van der Waals surface area contributed by atoms with Crippen molar-refractivity contribution in [3.05, 3.63) is 64.1 Å². The Balaban J connectivity index is 1.58. The average Bonchev–Trinajstić information content (AvgIpc) is 3.15. The number of carbonyl (C=O) groups excluding carboxylic acids is 2. The summed E-state index contributed by atoms with van der Waals surface area (Å²) in [7, 11) is 0. The maximum absolute atomic E-state index is 12.5. The summed E-state index contributed by atoms with van der Waals surface area (Å²) in [6.45, 7) is 1.65. The van der Waals surface area contributed by atoms with Crippen molar-refractivity contribution in [1.29, 1.82) is 0 Å². The molecule has 0 atom stereocenters. The number of anilines is 1. The molecular formula is C20H21BrN2O2. The monoisotopic (exact) mass is 400 g/mol. The second-order valence-corrected chi connectivity index (χ2v) is 7.08. The first-order chi connectivity index (χ1) is 12.1. The van der Waals surface area contributed by atoms with Crippen molar-refractivity contribution >= 4 is 33.4 Å². The largest absolute Gasteiger partial charge is 0.339 e. The molecule has 2 amide bonds. The van der Waals surface area contributed by atoms with Gasteiger partial charge in [-0.05, 0) is 59.0 Å². The molecule has 2 aromatic carbocycles. The number of hydrogen-bond donors (Lipinski definition) is 1. The average molecular weight is 401 g/mol. The number of amides is 2. The Morgan fingerprint density at radius 3 is 2.44 bits per heavy atom. The second kappa shape index (κ2) is 8.30. The maximum Gasteiger partial charge on any atom is 0.254 e. The topological polar surface area (TPSA) is 49.4 Å². The van der Waals surface area contributed by atoms with Crippen LogP contribution in [0.5, 0.6) is 0 Å². The summed E-state index contributed by atoms with van der Waals surface area (Å²) in [5.74, 6) is 0.0145. The molecule has 0 bridgehead atoms. The first-order valence-electron chi connectivity index (χ1n) is 8.56. The van der Waals surface area contributed by atoms with Gasteiger partial charge in [0.25, 0.3) is 5.91 Å². The predicted octanol–water partition coefficient (Wildman–Crippen LogP) is 4.26. The summed E-state index contributed by atoms with van der Waals surface area (Å²) in [6, 6.07) is 15.3. The summed E-state index contributed by atoms with van der Waals surface area (Å²) in [5.41, 5.74) is 2.48. The zero-order valence-corrected chi connectivity index (χ0v) is 15.6. The van der Waals surface area contributed by atoms with Crippen LogP contribution in [0.15, 0.2) is 53.0 Å². The van der Waals surface area contributed by atoms with E-state index in [-0.39, 0.29) is 11.8 Å². The van der Waals surface area contributed by atoms with Crippen molar-refractivity contribution in [2.24, 2.45) is 0 Å². The molecule has 0 spiro atoms. The van der Waals surface area contributed by atoms with Gasteiger partial charge >= 0.3 is 0 Å². The molecule has 1 aliphatic heterocycles. The molecule has 2 aromatic rings. The van der Waals surface area contributed by atoms with Crippen molar-refractivity contribution in [2.75, 3.05) is 18.4 Å². The van der Waals surface area contributed by atoms with Crippen LogP contribution in [0.3, 0.4) is 0 Å². The number of nitrogens with one attached hydrogen (secondary N) is 1. The molecule has 0 aromatic heterocycles. The van der Waals surface area contributed by atoms with Crippen LogP contribution in [-0.2, 0) is 11.2 Å². The lowest BCUT2D eigenvalue weighted by Gasteiger charge is -2.16. The smallest absolute Gasteiger partial charge is 0.254 e. The van der Waals surface area contributed by atoms with Gasteiger partial charge in [0.1, 0.15) is 0 Å². The Kier molecular flexibility index (Phi) is 5.87. The normalized spacial score (nSPS) is 13.7. The van der Waals surface area contributed by atoms with Gasteiger partial charge in [-0.1, -0.05) is 30.3 Å². The molecule has 4 nitrogen and oxygen atoms in total. The Morgan fingerprint density at radius 1 is 1.04 bits per heavy atom.